The van der Waals surface area contributed by atoms with Crippen LogP contribution >= 0.6 is 11.8 Å². The molecule has 1 aliphatic rings. The number of furan rings is 1. The standard InChI is InChI=1S/C20H19FN2O4S/c1-11-12(2)27-13(3)17(11)18(24)22-8-9-23-19(25)16(28-20(23)26)10-14-6-4-5-7-15(14)21/h4-7,10H,8-9H2,1-3H3,(H,22,24)/b16-10-. The van der Waals surface area contributed by atoms with Crippen LogP contribution in [0.5, 0.6) is 0 Å². The predicted molar refractivity (Wildman–Crippen MR) is 104 cm³/mol. The smallest absolute Gasteiger partial charge is 0.293 e. The number of thioether (sulfide) groups is 1. The highest BCUT2D eigenvalue weighted by Gasteiger charge is 2.35. The molecule has 0 radical (unpaired) electrons. The van der Waals surface area contributed by atoms with Crippen LogP contribution in [0.2, 0.25) is 0 Å². The second kappa shape index (κ2) is 8.02. The van der Waals surface area contributed by atoms with Gasteiger partial charge >= 0.3 is 0 Å². The van der Waals surface area contributed by atoms with Crippen LogP contribution in [0.15, 0.2) is 33.6 Å². The minimum atomic E-state index is -0.501. The number of benzene rings is 1. The fourth-order valence-electron chi connectivity index (χ4n) is 2.92. The quantitative estimate of drug-likeness (QED) is 0.770. The molecule has 146 valence electrons. The van der Waals surface area contributed by atoms with Gasteiger partial charge in [0.2, 0.25) is 0 Å². The number of carbonyl (C=O) groups excluding carboxylic acids is 3. The lowest BCUT2D eigenvalue weighted by atomic mass is 10.1. The van der Waals surface area contributed by atoms with Crippen molar-refractivity contribution >= 4 is 34.9 Å². The molecule has 1 saturated heterocycles. The van der Waals surface area contributed by atoms with Crippen molar-refractivity contribution in [2.75, 3.05) is 13.1 Å². The number of nitrogens with one attached hydrogen (secondary N) is 1. The van der Waals surface area contributed by atoms with Crippen LogP contribution in [0, 0.1) is 26.6 Å². The van der Waals surface area contributed by atoms with E-state index in [1.54, 1.807) is 32.9 Å². The minimum absolute atomic E-state index is 0.0277. The first-order chi connectivity index (χ1) is 13.3. The van der Waals surface area contributed by atoms with Gasteiger partial charge in [0.1, 0.15) is 17.3 Å². The van der Waals surface area contributed by atoms with Crippen LogP contribution in [-0.4, -0.2) is 35.0 Å². The first kappa shape index (κ1) is 19.9. The third-order valence-electron chi connectivity index (χ3n) is 4.47. The summed E-state index contributed by atoms with van der Waals surface area (Å²) in [6.45, 7) is 5.41. The van der Waals surface area contributed by atoms with Gasteiger partial charge in [-0.25, -0.2) is 4.39 Å². The van der Waals surface area contributed by atoms with Gasteiger partial charge in [0.25, 0.3) is 17.1 Å². The van der Waals surface area contributed by atoms with E-state index in [2.05, 4.69) is 5.32 Å². The Hall–Kier alpha value is -2.87. The van der Waals surface area contributed by atoms with E-state index in [1.165, 1.54) is 18.2 Å². The molecule has 1 aromatic carbocycles. The number of nitrogens with zero attached hydrogens (tertiary/aromatic N) is 1. The van der Waals surface area contributed by atoms with Crippen LogP contribution in [0.4, 0.5) is 9.18 Å². The number of rotatable bonds is 5. The molecule has 1 fully saturated rings. The Bertz CT molecular complexity index is 996. The lowest BCUT2D eigenvalue weighted by molar-refractivity contribution is -0.122. The van der Waals surface area contributed by atoms with Gasteiger partial charge in [0.15, 0.2) is 0 Å². The summed E-state index contributed by atoms with van der Waals surface area (Å²) in [5, 5.41) is 2.25. The molecule has 0 unspecified atom stereocenters. The zero-order valence-corrected chi connectivity index (χ0v) is 16.5. The molecule has 0 saturated carbocycles. The van der Waals surface area contributed by atoms with Crippen molar-refractivity contribution in [1.82, 2.24) is 10.2 Å². The number of aryl methyl sites for hydroxylation is 2. The lowest BCUT2D eigenvalue weighted by Gasteiger charge is -2.13. The second-order valence-corrected chi connectivity index (χ2v) is 7.32. The Morgan fingerprint density at radius 2 is 1.93 bits per heavy atom. The van der Waals surface area contributed by atoms with Gasteiger partial charge in [-0.1, -0.05) is 18.2 Å². The fourth-order valence-corrected chi connectivity index (χ4v) is 3.78. The third-order valence-corrected chi connectivity index (χ3v) is 5.38. The van der Waals surface area contributed by atoms with E-state index in [1.807, 2.05) is 0 Å². The Kier molecular flexibility index (Phi) is 5.69. The highest BCUT2D eigenvalue weighted by molar-refractivity contribution is 8.18. The minimum Gasteiger partial charge on any atom is -0.466 e. The first-order valence-corrected chi connectivity index (χ1v) is 9.46. The molecular weight excluding hydrogens is 383 g/mol. The fraction of sp³-hybridized carbons (Fsp3) is 0.250. The maximum absolute atomic E-state index is 13.8. The summed E-state index contributed by atoms with van der Waals surface area (Å²) in [5.41, 5.74) is 1.46. The van der Waals surface area contributed by atoms with Crippen LogP contribution in [0.3, 0.4) is 0 Å². The van der Waals surface area contributed by atoms with Gasteiger partial charge < -0.3 is 9.73 Å². The third kappa shape index (κ3) is 3.87. The normalized spacial score (nSPS) is 15.6. The Morgan fingerprint density at radius 3 is 2.57 bits per heavy atom. The summed E-state index contributed by atoms with van der Waals surface area (Å²) in [6.07, 6.45) is 1.36. The van der Waals surface area contributed by atoms with Crippen molar-refractivity contribution in [3.63, 3.8) is 0 Å². The molecule has 0 bridgehead atoms. The van der Waals surface area contributed by atoms with E-state index in [4.69, 9.17) is 4.42 Å². The number of imide groups is 1. The van der Waals surface area contributed by atoms with Crippen molar-refractivity contribution < 1.29 is 23.2 Å². The zero-order chi connectivity index (χ0) is 20.4. The zero-order valence-electron chi connectivity index (χ0n) is 15.7. The van der Waals surface area contributed by atoms with Crippen molar-refractivity contribution in [3.8, 4) is 0 Å². The molecule has 0 atom stereocenters. The van der Waals surface area contributed by atoms with Crippen molar-refractivity contribution in [1.29, 1.82) is 0 Å². The molecule has 3 amide bonds. The van der Waals surface area contributed by atoms with Gasteiger partial charge in [0.05, 0.1) is 10.5 Å². The number of amides is 3. The van der Waals surface area contributed by atoms with Crippen molar-refractivity contribution in [2.45, 2.75) is 20.8 Å². The summed E-state index contributed by atoms with van der Waals surface area (Å²) < 4.78 is 19.2. The number of hydrogen-bond donors (Lipinski definition) is 1. The average Bonchev–Trinajstić information content (AvgIpc) is 3.05. The number of halogens is 1. The van der Waals surface area contributed by atoms with Crippen LogP contribution < -0.4 is 5.32 Å². The summed E-state index contributed by atoms with van der Waals surface area (Å²) in [6, 6.07) is 6.01. The van der Waals surface area contributed by atoms with E-state index in [0.717, 1.165) is 22.2 Å². The van der Waals surface area contributed by atoms with E-state index in [-0.39, 0.29) is 29.5 Å². The second-order valence-electron chi connectivity index (χ2n) is 6.33. The van der Waals surface area contributed by atoms with Gasteiger partial charge in [-0.2, -0.15) is 0 Å². The molecule has 0 aliphatic carbocycles. The predicted octanol–water partition coefficient (Wildman–Crippen LogP) is 3.81. The highest BCUT2D eigenvalue weighted by atomic mass is 32.2. The molecule has 3 rings (SSSR count). The maximum atomic E-state index is 13.8. The summed E-state index contributed by atoms with van der Waals surface area (Å²) in [7, 11) is 0. The van der Waals surface area contributed by atoms with Crippen molar-refractivity contribution in [2.24, 2.45) is 0 Å². The Labute approximate surface area is 165 Å². The highest BCUT2D eigenvalue weighted by Crippen LogP contribution is 2.32. The van der Waals surface area contributed by atoms with Gasteiger partial charge in [-0.05, 0) is 44.7 Å². The summed E-state index contributed by atoms with van der Waals surface area (Å²) in [5.74, 6) is -0.0965. The molecule has 0 spiro atoms. The first-order valence-electron chi connectivity index (χ1n) is 8.64. The van der Waals surface area contributed by atoms with Gasteiger partial charge in [-0.3, -0.25) is 19.3 Å². The molecule has 2 heterocycles. The summed E-state index contributed by atoms with van der Waals surface area (Å²) >= 11 is 0.753. The molecular formula is C20H19FN2O4S. The van der Waals surface area contributed by atoms with E-state index >= 15 is 0 Å². The Morgan fingerprint density at radius 1 is 1.21 bits per heavy atom. The molecule has 8 heteroatoms. The largest absolute Gasteiger partial charge is 0.466 e. The molecule has 6 nitrogen and oxygen atoms in total. The number of carbonyl (C=O) groups is 3. The monoisotopic (exact) mass is 402 g/mol. The van der Waals surface area contributed by atoms with E-state index in [0.29, 0.717) is 17.1 Å². The summed E-state index contributed by atoms with van der Waals surface area (Å²) in [4.78, 5) is 38.1. The number of hydrogen-bond acceptors (Lipinski definition) is 5. The SMILES string of the molecule is Cc1oc(C)c(C(=O)NCCN2C(=O)S/C(=C\c3ccccc3F)C2=O)c1C. The van der Waals surface area contributed by atoms with E-state index < -0.39 is 17.0 Å². The van der Waals surface area contributed by atoms with Crippen LogP contribution in [0.1, 0.15) is 33.0 Å². The molecule has 1 N–H and O–H groups in total. The van der Waals surface area contributed by atoms with Gasteiger partial charge in [-0.15, -0.1) is 0 Å². The molecule has 28 heavy (non-hydrogen) atoms. The lowest BCUT2D eigenvalue weighted by Crippen LogP contribution is -2.37. The van der Waals surface area contributed by atoms with E-state index in [9.17, 15) is 18.8 Å². The average molecular weight is 402 g/mol. The molecule has 1 aliphatic heterocycles. The molecule has 2 aromatic rings. The topological polar surface area (TPSA) is 79.6 Å². The van der Waals surface area contributed by atoms with Crippen LogP contribution in [-0.2, 0) is 4.79 Å². The Balaban J connectivity index is 1.64. The van der Waals surface area contributed by atoms with Gasteiger partial charge in [0, 0.05) is 24.2 Å². The molecule has 1 aromatic heterocycles. The van der Waals surface area contributed by atoms with Crippen LogP contribution in [0.25, 0.3) is 6.08 Å². The van der Waals surface area contributed by atoms with Crippen molar-refractivity contribution in [3.05, 3.63) is 63.2 Å². The maximum Gasteiger partial charge on any atom is 0.293 e.